The molecule has 0 spiro atoms. The topological polar surface area (TPSA) is 29.5 Å². The first-order chi connectivity index (χ1) is 8.28. The van der Waals surface area contributed by atoms with Crippen molar-refractivity contribution in [2.45, 2.75) is 0 Å². The molecule has 0 aliphatic heterocycles. The highest BCUT2D eigenvalue weighted by Gasteiger charge is 1.91. The van der Waals surface area contributed by atoms with Crippen molar-refractivity contribution in [3.63, 3.8) is 0 Å². The van der Waals surface area contributed by atoms with Gasteiger partial charge in [0.2, 0.25) is 0 Å². The fourth-order valence-electron chi connectivity index (χ4n) is 1.49. The third-order valence-electron chi connectivity index (χ3n) is 2.48. The largest absolute Gasteiger partial charge is 0.508 e. The zero-order chi connectivity index (χ0) is 12.1. The second-order valence-corrected chi connectivity index (χ2v) is 3.70. The Kier molecular flexibility index (Phi) is 3.46. The average Bonchev–Trinajstić information content (AvgIpc) is 2.39. The molecule has 0 aliphatic carbocycles. The Morgan fingerprint density at radius 3 is 1.76 bits per heavy atom. The minimum atomic E-state index is 0.284. The molecule has 0 aromatic heterocycles. The van der Waals surface area contributed by atoms with E-state index in [4.69, 9.17) is 9.84 Å². The highest BCUT2D eigenvalue weighted by molar-refractivity contribution is 5.70. The fraction of sp³-hybridized carbons (Fsp3) is 0.0667. The van der Waals surface area contributed by atoms with Gasteiger partial charge in [0, 0.05) is 0 Å². The van der Waals surface area contributed by atoms with E-state index in [9.17, 15) is 0 Å². The van der Waals surface area contributed by atoms with Gasteiger partial charge in [0.05, 0.1) is 7.11 Å². The summed E-state index contributed by atoms with van der Waals surface area (Å²) in [6.45, 7) is 0. The third-order valence-corrected chi connectivity index (χ3v) is 2.48. The van der Waals surface area contributed by atoms with Gasteiger partial charge in [0.1, 0.15) is 11.5 Å². The van der Waals surface area contributed by atoms with Crippen LogP contribution in [0.5, 0.6) is 11.5 Å². The molecular weight excluding hydrogens is 212 g/mol. The van der Waals surface area contributed by atoms with Crippen LogP contribution >= 0.6 is 0 Å². The van der Waals surface area contributed by atoms with E-state index in [1.807, 2.05) is 48.6 Å². The maximum atomic E-state index is 9.16. The predicted molar refractivity (Wildman–Crippen MR) is 70.0 cm³/mol. The Bertz CT molecular complexity index is 495. The standard InChI is InChI=1S/C15H14O2/c1-17-15-10-6-13(7-11-15)3-2-12-4-8-14(16)9-5-12/h2-11,16H,1H3/b3-2+. The van der Waals surface area contributed by atoms with E-state index in [0.717, 1.165) is 16.9 Å². The lowest BCUT2D eigenvalue weighted by Gasteiger charge is -1.99. The second-order valence-electron chi connectivity index (χ2n) is 3.70. The fourth-order valence-corrected chi connectivity index (χ4v) is 1.49. The van der Waals surface area contributed by atoms with E-state index < -0.39 is 0 Å². The van der Waals surface area contributed by atoms with Crippen LogP contribution in [0.3, 0.4) is 0 Å². The Labute approximate surface area is 101 Å². The van der Waals surface area contributed by atoms with Crippen LogP contribution in [-0.4, -0.2) is 12.2 Å². The van der Waals surface area contributed by atoms with Crippen LogP contribution in [0, 0.1) is 0 Å². The van der Waals surface area contributed by atoms with Gasteiger partial charge in [-0.05, 0) is 35.4 Å². The van der Waals surface area contributed by atoms with Crippen molar-refractivity contribution in [1.82, 2.24) is 0 Å². The Morgan fingerprint density at radius 1 is 0.824 bits per heavy atom. The lowest BCUT2D eigenvalue weighted by molar-refractivity contribution is 0.415. The van der Waals surface area contributed by atoms with Gasteiger partial charge in [-0.2, -0.15) is 0 Å². The summed E-state index contributed by atoms with van der Waals surface area (Å²) in [4.78, 5) is 0. The van der Waals surface area contributed by atoms with Crippen molar-refractivity contribution >= 4 is 12.2 Å². The number of hydrogen-bond donors (Lipinski definition) is 1. The highest BCUT2D eigenvalue weighted by atomic mass is 16.5. The molecule has 0 saturated carbocycles. The van der Waals surface area contributed by atoms with Gasteiger partial charge in [-0.1, -0.05) is 36.4 Å². The van der Waals surface area contributed by atoms with Crippen molar-refractivity contribution in [2.75, 3.05) is 7.11 Å². The van der Waals surface area contributed by atoms with Gasteiger partial charge in [-0.3, -0.25) is 0 Å². The summed E-state index contributed by atoms with van der Waals surface area (Å²) in [6.07, 6.45) is 4.02. The minimum absolute atomic E-state index is 0.284. The van der Waals surface area contributed by atoms with Crippen molar-refractivity contribution in [3.8, 4) is 11.5 Å². The molecule has 2 aromatic rings. The maximum Gasteiger partial charge on any atom is 0.118 e. The number of phenolic OH excluding ortho intramolecular Hbond substituents is 1. The van der Waals surface area contributed by atoms with E-state index in [2.05, 4.69) is 0 Å². The molecule has 0 heterocycles. The molecule has 0 aliphatic rings. The monoisotopic (exact) mass is 226 g/mol. The molecule has 0 bridgehead atoms. The van der Waals surface area contributed by atoms with Gasteiger partial charge in [-0.25, -0.2) is 0 Å². The molecule has 0 atom stereocenters. The molecule has 17 heavy (non-hydrogen) atoms. The molecule has 0 radical (unpaired) electrons. The molecule has 0 amide bonds. The number of methoxy groups -OCH3 is 1. The smallest absolute Gasteiger partial charge is 0.118 e. The van der Waals surface area contributed by atoms with E-state index >= 15 is 0 Å². The summed E-state index contributed by atoms with van der Waals surface area (Å²) in [5, 5.41) is 9.16. The molecule has 0 saturated heterocycles. The molecule has 86 valence electrons. The van der Waals surface area contributed by atoms with Crippen molar-refractivity contribution < 1.29 is 9.84 Å². The first-order valence-electron chi connectivity index (χ1n) is 5.39. The van der Waals surface area contributed by atoms with Crippen LogP contribution in [0.4, 0.5) is 0 Å². The van der Waals surface area contributed by atoms with Gasteiger partial charge in [0.25, 0.3) is 0 Å². The van der Waals surface area contributed by atoms with E-state index in [-0.39, 0.29) is 5.75 Å². The first-order valence-corrected chi connectivity index (χ1v) is 5.39. The Balaban J connectivity index is 2.11. The molecule has 0 fully saturated rings. The zero-order valence-corrected chi connectivity index (χ0v) is 9.63. The molecule has 2 rings (SSSR count). The molecule has 2 nitrogen and oxygen atoms in total. The second kappa shape index (κ2) is 5.21. The van der Waals surface area contributed by atoms with Crippen LogP contribution in [-0.2, 0) is 0 Å². The summed E-state index contributed by atoms with van der Waals surface area (Å²) >= 11 is 0. The number of ether oxygens (including phenoxy) is 1. The van der Waals surface area contributed by atoms with Crippen LogP contribution in [0.2, 0.25) is 0 Å². The molecule has 1 N–H and O–H groups in total. The van der Waals surface area contributed by atoms with Crippen molar-refractivity contribution in [2.24, 2.45) is 0 Å². The SMILES string of the molecule is COc1ccc(/C=C/c2ccc(O)cc2)cc1. The summed E-state index contributed by atoms with van der Waals surface area (Å²) in [5.74, 6) is 1.14. The normalized spacial score (nSPS) is 10.6. The number of rotatable bonds is 3. The van der Waals surface area contributed by atoms with Gasteiger partial charge < -0.3 is 9.84 Å². The van der Waals surface area contributed by atoms with Crippen molar-refractivity contribution in [1.29, 1.82) is 0 Å². The van der Waals surface area contributed by atoms with Crippen LogP contribution < -0.4 is 4.74 Å². The Morgan fingerprint density at radius 2 is 1.29 bits per heavy atom. The van der Waals surface area contributed by atoms with Crippen molar-refractivity contribution in [3.05, 3.63) is 59.7 Å². The quantitative estimate of drug-likeness (QED) is 0.811. The number of aromatic hydroxyl groups is 1. The zero-order valence-electron chi connectivity index (χ0n) is 9.63. The van der Waals surface area contributed by atoms with Crippen LogP contribution in [0.1, 0.15) is 11.1 Å². The van der Waals surface area contributed by atoms with E-state index in [0.29, 0.717) is 0 Å². The number of benzene rings is 2. The average molecular weight is 226 g/mol. The third kappa shape index (κ3) is 3.11. The summed E-state index contributed by atoms with van der Waals surface area (Å²) < 4.78 is 5.09. The summed E-state index contributed by atoms with van der Waals surface area (Å²) in [7, 11) is 1.65. The highest BCUT2D eigenvalue weighted by Crippen LogP contribution is 2.15. The molecule has 0 unspecified atom stereocenters. The van der Waals surface area contributed by atoms with Gasteiger partial charge in [-0.15, -0.1) is 0 Å². The van der Waals surface area contributed by atoms with E-state index in [1.54, 1.807) is 19.2 Å². The summed E-state index contributed by atoms with van der Waals surface area (Å²) in [6, 6.07) is 14.9. The summed E-state index contributed by atoms with van der Waals surface area (Å²) in [5.41, 5.74) is 2.16. The lowest BCUT2D eigenvalue weighted by Crippen LogP contribution is -1.81. The van der Waals surface area contributed by atoms with E-state index in [1.165, 1.54) is 0 Å². The predicted octanol–water partition coefficient (Wildman–Crippen LogP) is 3.57. The first kappa shape index (κ1) is 11.3. The number of phenols is 1. The maximum absolute atomic E-state index is 9.16. The lowest BCUT2D eigenvalue weighted by atomic mass is 10.1. The van der Waals surface area contributed by atoms with Crippen LogP contribution in [0.25, 0.3) is 12.2 Å². The molecule has 2 heteroatoms. The minimum Gasteiger partial charge on any atom is -0.508 e. The van der Waals surface area contributed by atoms with Crippen LogP contribution in [0.15, 0.2) is 48.5 Å². The van der Waals surface area contributed by atoms with Gasteiger partial charge >= 0.3 is 0 Å². The number of hydrogen-bond acceptors (Lipinski definition) is 2. The molecular formula is C15H14O2. The van der Waals surface area contributed by atoms with Gasteiger partial charge in [0.15, 0.2) is 0 Å². The molecule has 2 aromatic carbocycles. The Hall–Kier alpha value is -2.22.